The second-order valence-electron chi connectivity index (χ2n) is 14.2. The number of rotatable bonds is 10. The predicted molar refractivity (Wildman–Crippen MR) is 237 cm³/mol. The molecule has 3 N–H and O–H groups in total. The molecule has 0 atom stereocenters. The van der Waals surface area contributed by atoms with Crippen molar-refractivity contribution in [3.8, 4) is 17.7 Å². The lowest BCUT2D eigenvalue weighted by atomic mass is 9.83. The standard InChI is InChI=1S/C38H35N9O5S.CH4O3S.2O3S/c1-6-18-52-32-21-29(44-43-28-17-16-25(20-33(28)53(49,50)51)42-41-24-12-8-7-9-13-24)23(2)19-30(32)45-46-35-34(38(3,4)5)26(22-39)36-40-27-14-10-11-15-31(27)47(36)37(35)48;1-5(2,3)4;2*1-4(2)3/h7-17,19-21,48H,6,18H2,1-5H3,(H,49,50,51);1H3,(H,2,3,4);;. The van der Waals surface area contributed by atoms with Crippen LogP contribution in [0.15, 0.2) is 121 Å². The lowest BCUT2D eigenvalue weighted by molar-refractivity contribution is 0.318. The van der Waals surface area contributed by atoms with Crippen LogP contribution in [0.2, 0.25) is 0 Å². The average Bonchev–Trinajstić information content (AvgIpc) is 3.60. The summed E-state index contributed by atoms with van der Waals surface area (Å²) in [7, 11) is -14.6. The molecule has 27 heteroatoms. The van der Waals surface area contributed by atoms with Crippen LogP contribution in [0.3, 0.4) is 0 Å². The number of imidazole rings is 1. The van der Waals surface area contributed by atoms with Crippen LogP contribution in [0, 0.1) is 18.3 Å². The molecular formula is C39H39N9O14S4. The molecule has 0 saturated heterocycles. The summed E-state index contributed by atoms with van der Waals surface area (Å²) in [5, 5.41) is 47.7. The van der Waals surface area contributed by atoms with Crippen LogP contribution in [-0.2, 0) is 46.9 Å². The van der Waals surface area contributed by atoms with Crippen molar-refractivity contribution in [3.05, 3.63) is 102 Å². The fraction of sp³-hybridized carbons (Fsp3) is 0.231. The van der Waals surface area contributed by atoms with E-state index in [4.69, 9.17) is 34.5 Å². The van der Waals surface area contributed by atoms with Crippen LogP contribution in [0.25, 0.3) is 16.7 Å². The van der Waals surface area contributed by atoms with E-state index in [1.807, 2.05) is 45.9 Å². The first kappa shape index (κ1) is 53.1. The van der Waals surface area contributed by atoms with Gasteiger partial charge in [0, 0.05) is 11.6 Å². The third kappa shape index (κ3) is 15.8. The van der Waals surface area contributed by atoms with Gasteiger partial charge in [0.2, 0.25) is 5.88 Å². The number of aromatic hydroxyl groups is 1. The topological polar surface area (TPSA) is 356 Å². The van der Waals surface area contributed by atoms with Crippen molar-refractivity contribution in [1.29, 1.82) is 5.26 Å². The number of ether oxygens (including phenoxy) is 1. The van der Waals surface area contributed by atoms with Crippen molar-refractivity contribution < 1.29 is 61.0 Å². The summed E-state index contributed by atoms with van der Waals surface area (Å²) in [6.45, 7) is 9.77. The average molecular weight is 986 g/mol. The first-order chi connectivity index (χ1) is 30.8. The maximum atomic E-state index is 12.3. The highest BCUT2D eigenvalue weighted by atomic mass is 32.2. The Balaban J connectivity index is 0.000000786. The van der Waals surface area contributed by atoms with E-state index in [9.17, 15) is 31.8 Å². The molecule has 0 aliphatic carbocycles. The number of nitrogens with zero attached hydrogens (tertiary/aromatic N) is 9. The van der Waals surface area contributed by atoms with Crippen molar-refractivity contribution in [2.45, 2.75) is 51.3 Å². The van der Waals surface area contributed by atoms with E-state index in [1.165, 1.54) is 16.5 Å². The van der Waals surface area contributed by atoms with Gasteiger partial charge in [0.25, 0.3) is 20.2 Å². The van der Waals surface area contributed by atoms with Gasteiger partial charge in [-0.05, 0) is 72.9 Å². The van der Waals surface area contributed by atoms with Gasteiger partial charge in [-0.2, -0.15) is 37.4 Å². The van der Waals surface area contributed by atoms with E-state index >= 15 is 0 Å². The molecule has 348 valence electrons. The van der Waals surface area contributed by atoms with Crippen LogP contribution in [-0.4, -0.2) is 78.5 Å². The molecule has 0 fully saturated rings. The number of aryl methyl sites for hydroxylation is 1. The van der Waals surface area contributed by atoms with Crippen molar-refractivity contribution in [2.24, 2.45) is 30.7 Å². The number of fused-ring (bicyclic) bond motifs is 3. The van der Waals surface area contributed by atoms with Crippen LogP contribution in [0.1, 0.15) is 50.8 Å². The normalized spacial score (nSPS) is 11.6. The zero-order chi connectivity index (χ0) is 49.6. The Morgan fingerprint density at radius 3 is 1.86 bits per heavy atom. The van der Waals surface area contributed by atoms with Gasteiger partial charge in [-0.3, -0.25) is 13.5 Å². The summed E-state index contributed by atoms with van der Waals surface area (Å²) in [5.41, 5.74) is 3.61. The van der Waals surface area contributed by atoms with Crippen LogP contribution >= 0.6 is 0 Å². The number of hydrogen-bond donors (Lipinski definition) is 3. The van der Waals surface area contributed by atoms with Crippen molar-refractivity contribution in [1.82, 2.24) is 9.38 Å². The van der Waals surface area contributed by atoms with Gasteiger partial charge in [0.1, 0.15) is 33.7 Å². The maximum Gasteiger partial charge on any atom is 0.425 e. The number of azo groups is 3. The third-order valence-electron chi connectivity index (χ3n) is 8.08. The summed E-state index contributed by atoms with van der Waals surface area (Å²) in [5.74, 6) is 0.0787. The molecule has 66 heavy (non-hydrogen) atoms. The van der Waals surface area contributed by atoms with Gasteiger partial charge in [-0.25, -0.2) is 4.98 Å². The highest BCUT2D eigenvalue weighted by Crippen LogP contribution is 2.45. The van der Waals surface area contributed by atoms with E-state index in [-0.39, 0.29) is 28.5 Å². The lowest BCUT2D eigenvalue weighted by Gasteiger charge is -2.23. The molecule has 0 radical (unpaired) electrons. The molecule has 0 aliphatic rings. The molecule has 0 bridgehead atoms. The van der Waals surface area contributed by atoms with Gasteiger partial charge < -0.3 is 9.84 Å². The van der Waals surface area contributed by atoms with E-state index in [0.29, 0.717) is 69.9 Å². The Bertz CT molecular complexity index is 3300. The van der Waals surface area contributed by atoms with E-state index in [1.54, 1.807) is 55.5 Å². The van der Waals surface area contributed by atoms with E-state index in [2.05, 4.69) is 41.7 Å². The molecular weight excluding hydrogens is 947 g/mol. The number of para-hydroxylation sites is 2. The van der Waals surface area contributed by atoms with Gasteiger partial charge in [-0.1, -0.05) is 58.0 Å². The highest BCUT2D eigenvalue weighted by Gasteiger charge is 2.30. The predicted octanol–water partition coefficient (Wildman–Crippen LogP) is 8.45. The fourth-order valence-corrected chi connectivity index (χ4v) is 6.28. The summed E-state index contributed by atoms with van der Waals surface area (Å²) < 4.78 is 119. The summed E-state index contributed by atoms with van der Waals surface area (Å²) in [6.07, 6.45) is 1.39. The Morgan fingerprint density at radius 1 is 0.758 bits per heavy atom. The fourth-order valence-electron chi connectivity index (χ4n) is 5.64. The van der Waals surface area contributed by atoms with E-state index in [0.717, 1.165) is 6.07 Å². The molecule has 0 spiro atoms. The molecule has 6 aromatic rings. The molecule has 0 amide bonds. The molecule has 6 rings (SSSR count). The molecule has 23 nitrogen and oxygen atoms in total. The number of aromatic nitrogens is 2. The van der Waals surface area contributed by atoms with E-state index < -0.39 is 51.8 Å². The molecule has 4 aromatic carbocycles. The number of hydrogen-bond acceptors (Lipinski definition) is 20. The first-order valence-corrected chi connectivity index (χ1v) is 23.8. The van der Waals surface area contributed by atoms with Crippen molar-refractivity contribution in [3.63, 3.8) is 0 Å². The summed E-state index contributed by atoms with van der Waals surface area (Å²) in [6, 6.07) is 25.7. The molecule has 2 heterocycles. The number of nitriles is 1. The zero-order valence-electron chi connectivity index (χ0n) is 35.5. The monoisotopic (exact) mass is 985 g/mol. The minimum absolute atomic E-state index is 0.108. The second-order valence-corrected chi connectivity index (χ2v) is 17.9. The van der Waals surface area contributed by atoms with Crippen LogP contribution < -0.4 is 4.74 Å². The van der Waals surface area contributed by atoms with Gasteiger partial charge in [-0.15, -0.1) is 40.6 Å². The molecule has 0 unspecified atom stereocenters. The number of pyridine rings is 1. The first-order valence-electron chi connectivity index (χ1n) is 18.5. The van der Waals surface area contributed by atoms with Crippen LogP contribution in [0.4, 0.5) is 34.1 Å². The van der Waals surface area contributed by atoms with Gasteiger partial charge in [0.15, 0.2) is 11.3 Å². The molecule has 2 aromatic heterocycles. The quantitative estimate of drug-likeness (QED) is 0.0855. The van der Waals surface area contributed by atoms with Crippen molar-refractivity contribution in [2.75, 3.05) is 12.9 Å². The lowest BCUT2D eigenvalue weighted by Crippen LogP contribution is -2.15. The minimum atomic E-state index is -4.71. The third-order valence-corrected chi connectivity index (χ3v) is 8.96. The summed E-state index contributed by atoms with van der Waals surface area (Å²) in [4.78, 5) is 4.15. The second kappa shape index (κ2) is 23.1. The van der Waals surface area contributed by atoms with Crippen molar-refractivity contribution >= 4 is 92.3 Å². The minimum Gasteiger partial charge on any atom is -0.493 e. The van der Waals surface area contributed by atoms with Crippen LogP contribution in [0.5, 0.6) is 11.6 Å². The molecule has 0 saturated carbocycles. The number of benzene rings is 4. The van der Waals surface area contributed by atoms with Gasteiger partial charge >= 0.3 is 21.2 Å². The SMILES string of the molecule is CCCOc1cc(N=Nc2ccc(N=Nc3ccccc3)cc2S(=O)(=O)O)c(C)cc1N=Nc1c(C(C)(C)C)c(C#N)c2nc3ccccc3n2c1O.CS(=O)(=O)O.O=S(=O)=O.O=S(=O)=O. The zero-order valence-corrected chi connectivity index (χ0v) is 38.8. The smallest absolute Gasteiger partial charge is 0.425 e. The Kier molecular flexibility index (Phi) is 18.6. The Morgan fingerprint density at radius 2 is 1.30 bits per heavy atom. The Hall–Kier alpha value is -7.22. The highest BCUT2D eigenvalue weighted by molar-refractivity contribution is 7.86. The molecule has 0 aliphatic heterocycles. The maximum absolute atomic E-state index is 12.3. The Labute approximate surface area is 380 Å². The summed E-state index contributed by atoms with van der Waals surface area (Å²) >= 11 is 0. The van der Waals surface area contributed by atoms with Gasteiger partial charge in [0.05, 0.1) is 41.0 Å². The largest absolute Gasteiger partial charge is 0.493 e.